The van der Waals surface area contributed by atoms with Crippen LogP contribution in [0.5, 0.6) is 0 Å². The van der Waals surface area contributed by atoms with Gasteiger partial charge in [-0.15, -0.1) is 0 Å². The highest BCUT2D eigenvalue weighted by Crippen LogP contribution is 2.12. The molecule has 0 saturated carbocycles. The molecule has 2 aliphatic heterocycles. The van der Waals surface area contributed by atoms with Gasteiger partial charge in [0.25, 0.3) is 6.43 Å². The minimum Gasteiger partial charge on any atom is -0.377 e. The molecule has 132 valence electrons. The van der Waals surface area contributed by atoms with Crippen LogP contribution in [0.25, 0.3) is 0 Å². The number of likely N-dealkylation sites (tertiary alicyclic amines) is 1. The summed E-state index contributed by atoms with van der Waals surface area (Å²) in [5.74, 6) is 0.796. The molecular weight excluding hydrogens is 302 g/mol. The maximum atomic E-state index is 12.4. The van der Waals surface area contributed by atoms with Gasteiger partial charge in [-0.2, -0.15) is 0 Å². The first-order chi connectivity index (χ1) is 11.2. The molecule has 0 aromatic heterocycles. The molecule has 1 saturated heterocycles. The van der Waals surface area contributed by atoms with E-state index in [0.29, 0.717) is 19.1 Å². The third-order valence-corrected chi connectivity index (χ3v) is 4.34. The zero-order valence-corrected chi connectivity index (χ0v) is 13.9. The topological polar surface area (TPSA) is 48.9 Å². The minimum atomic E-state index is -2.24. The smallest absolute Gasteiger partial charge is 0.251 e. The van der Waals surface area contributed by atoms with Crippen molar-refractivity contribution in [2.75, 3.05) is 46.4 Å². The van der Waals surface area contributed by atoms with Crippen molar-refractivity contribution >= 4 is 5.96 Å². The molecule has 2 heterocycles. The number of hydrogen-bond acceptors (Lipinski definition) is 3. The van der Waals surface area contributed by atoms with Crippen molar-refractivity contribution < 1.29 is 13.5 Å². The van der Waals surface area contributed by atoms with Crippen molar-refractivity contribution in [3.63, 3.8) is 0 Å². The van der Waals surface area contributed by atoms with Crippen LogP contribution in [0.2, 0.25) is 0 Å². The van der Waals surface area contributed by atoms with E-state index in [2.05, 4.69) is 21.7 Å². The lowest BCUT2D eigenvalue weighted by Crippen LogP contribution is -2.49. The summed E-state index contributed by atoms with van der Waals surface area (Å²) in [4.78, 5) is 6.08. The molecule has 0 bridgehead atoms. The number of guanidine groups is 1. The lowest BCUT2D eigenvalue weighted by molar-refractivity contribution is 0.0744. The monoisotopic (exact) mass is 330 g/mol. The maximum absolute atomic E-state index is 12.4. The Bertz CT molecular complexity index is 407. The van der Waals surface area contributed by atoms with Gasteiger partial charge in [-0.25, -0.2) is 8.78 Å². The van der Waals surface area contributed by atoms with E-state index >= 15 is 0 Å². The number of ether oxygens (including phenoxy) is 1. The molecule has 2 rings (SSSR count). The van der Waals surface area contributed by atoms with Gasteiger partial charge < -0.3 is 15.4 Å². The minimum absolute atomic E-state index is 0.113. The van der Waals surface area contributed by atoms with E-state index in [9.17, 15) is 8.78 Å². The van der Waals surface area contributed by atoms with Crippen LogP contribution in [0, 0.1) is 0 Å². The molecule has 2 aliphatic rings. The molecule has 0 radical (unpaired) electrons. The number of rotatable bonds is 6. The molecule has 23 heavy (non-hydrogen) atoms. The number of nitrogens with zero attached hydrogens (tertiary/aromatic N) is 2. The third kappa shape index (κ3) is 6.83. The molecule has 0 spiro atoms. The van der Waals surface area contributed by atoms with Crippen molar-refractivity contribution in [1.82, 2.24) is 15.5 Å². The quantitative estimate of drug-likeness (QED) is 0.441. The molecule has 0 atom stereocenters. The summed E-state index contributed by atoms with van der Waals surface area (Å²) in [6.07, 6.45) is 3.66. The number of piperidine rings is 1. The number of nitrogens with one attached hydrogen (secondary N) is 2. The normalized spacial score (nSPS) is 21.4. The highest BCUT2D eigenvalue weighted by molar-refractivity contribution is 5.79. The fourth-order valence-corrected chi connectivity index (χ4v) is 2.98. The fourth-order valence-electron chi connectivity index (χ4n) is 2.98. The van der Waals surface area contributed by atoms with Crippen molar-refractivity contribution in [3.8, 4) is 0 Å². The van der Waals surface area contributed by atoms with Crippen LogP contribution in [0.1, 0.15) is 25.7 Å². The number of alkyl halides is 2. The highest BCUT2D eigenvalue weighted by Gasteiger charge is 2.21. The molecule has 0 amide bonds. The molecule has 0 aromatic carbocycles. The molecule has 0 aromatic rings. The van der Waals surface area contributed by atoms with Crippen molar-refractivity contribution in [2.24, 2.45) is 4.99 Å². The lowest BCUT2D eigenvalue weighted by atomic mass is 10.1. The fraction of sp³-hybridized carbons (Fsp3) is 0.812. The first-order valence-electron chi connectivity index (χ1n) is 8.40. The van der Waals surface area contributed by atoms with E-state index < -0.39 is 6.43 Å². The summed E-state index contributed by atoms with van der Waals surface area (Å²) in [6, 6.07) is 0.303. The Labute approximate surface area is 137 Å². The first kappa shape index (κ1) is 18.1. The summed E-state index contributed by atoms with van der Waals surface area (Å²) < 4.78 is 30.0. The largest absolute Gasteiger partial charge is 0.377 e. The summed E-state index contributed by atoms with van der Waals surface area (Å²) >= 11 is 0. The Morgan fingerprint density at radius 3 is 2.83 bits per heavy atom. The average molecular weight is 330 g/mol. The SMILES string of the molecule is CN=C(NCCC1=CCOCC1)NC1CCN(CC(F)F)CC1. The van der Waals surface area contributed by atoms with Gasteiger partial charge in [-0.1, -0.05) is 11.6 Å². The summed E-state index contributed by atoms with van der Waals surface area (Å²) in [5, 5.41) is 6.73. The molecule has 5 nitrogen and oxygen atoms in total. The summed E-state index contributed by atoms with van der Waals surface area (Å²) in [5.41, 5.74) is 1.43. The molecular formula is C16H28F2N4O. The lowest BCUT2D eigenvalue weighted by Gasteiger charge is -2.32. The number of halogens is 2. The van der Waals surface area contributed by atoms with Gasteiger partial charge in [-0.3, -0.25) is 9.89 Å². The van der Waals surface area contributed by atoms with Crippen molar-refractivity contribution in [3.05, 3.63) is 11.6 Å². The van der Waals surface area contributed by atoms with Crippen molar-refractivity contribution in [1.29, 1.82) is 0 Å². The van der Waals surface area contributed by atoms with Gasteiger partial charge in [-0.05, 0) is 25.7 Å². The second-order valence-corrected chi connectivity index (χ2v) is 6.05. The van der Waals surface area contributed by atoms with Crippen LogP contribution in [-0.4, -0.2) is 69.8 Å². The van der Waals surface area contributed by atoms with Crippen LogP contribution >= 0.6 is 0 Å². The van der Waals surface area contributed by atoms with Crippen LogP contribution < -0.4 is 10.6 Å². The van der Waals surface area contributed by atoms with Crippen LogP contribution in [0.15, 0.2) is 16.6 Å². The molecule has 1 fully saturated rings. The Morgan fingerprint density at radius 2 is 2.22 bits per heavy atom. The Hall–Kier alpha value is -1.21. The van der Waals surface area contributed by atoms with E-state index in [1.807, 2.05) is 4.90 Å². The van der Waals surface area contributed by atoms with E-state index in [1.165, 1.54) is 5.57 Å². The van der Waals surface area contributed by atoms with Gasteiger partial charge in [0.2, 0.25) is 0 Å². The maximum Gasteiger partial charge on any atom is 0.251 e. The van der Waals surface area contributed by atoms with E-state index in [-0.39, 0.29) is 6.54 Å². The van der Waals surface area contributed by atoms with Crippen LogP contribution in [0.4, 0.5) is 8.78 Å². The second kappa shape index (κ2) is 9.82. The third-order valence-electron chi connectivity index (χ3n) is 4.34. The summed E-state index contributed by atoms with van der Waals surface area (Å²) in [7, 11) is 1.76. The van der Waals surface area contributed by atoms with Gasteiger partial charge in [0.15, 0.2) is 5.96 Å². The van der Waals surface area contributed by atoms with Crippen LogP contribution in [-0.2, 0) is 4.74 Å². The Morgan fingerprint density at radius 1 is 1.43 bits per heavy atom. The van der Waals surface area contributed by atoms with E-state index in [0.717, 1.165) is 51.4 Å². The van der Waals surface area contributed by atoms with Gasteiger partial charge in [0.1, 0.15) is 0 Å². The van der Waals surface area contributed by atoms with Crippen LogP contribution in [0.3, 0.4) is 0 Å². The predicted octanol–water partition coefficient (Wildman–Crippen LogP) is 1.62. The summed E-state index contributed by atoms with van der Waals surface area (Å²) in [6.45, 7) is 3.70. The number of aliphatic imine (C=N–C) groups is 1. The van der Waals surface area contributed by atoms with Gasteiger partial charge in [0, 0.05) is 32.7 Å². The zero-order valence-electron chi connectivity index (χ0n) is 13.9. The Kier molecular flexibility index (Phi) is 7.74. The van der Waals surface area contributed by atoms with E-state index in [1.54, 1.807) is 7.05 Å². The zero-order chi connectivity index (χ0) is 16.5. The van der Waals surface area contributed by atoms with Crippen molar-refractivity contribution in [2.45, 2.75) is 38.2 Å². The molecule has 0 unspecified atom stereocenters. The molecule has 2 N–H and O–H groups in total. The second-order valence-electron chi connectivity index (χ2n) is 6.05. The Balaban J connectivity index is 1.64. The van der Waals surface area contributed by atoms with Gasteiger partial charge >= 0.3 is 0 Å². The first-order valence-corrected chi connectivity index (χ1v) is 8.40. The predicted molar refractivity (Wildman–Crippen MR) is 88.1 cm³/mol. The molecule has 0 aliphatic carbocycles. The number of hydrogen-bond donors (Lipinski definition) is 2. The standard InChI is InChI=1S/C16H28F2N4O/c1-19-16(20-7-2-13-5-10-23-11-6-13)21-14-3-8-22(9-4-14)12-15(17)18/h5,14-15H,2-4,6-12H2,1H3,(H2,19,20,21). The molecule has 7 heteroatoms. The highest BCUT2D eigenvalue weighted by atomic mass is 19.3. The van der Waals surface area contributed by atoms with E-state index in [4.69, 9.17) is 4.74 Å². The van der Waals surface area contributed by atoms with Gasteiger partial charge in [0.05, 0.1) is 19.8 Å². The average Bonchev–Trinajstić information content (AvgIpc) is 2.56.